The van der Waals surface area contributed by atoms with Gasteiger partial charge in [0.2, 0.25) is 5.91 Å². The van der Waals surface area contributed by atoms with Gasteiger partial charge in [0.25, 0.3) is 11.8 Å². The largest absolute Gasteiger partial charge is 0.490 e. The molecule has 0 unspecified atom stereocenters. The van der Waals surface area contributed by atoms with Crippen molar-refractivity contribution in [2.75, 3.05) is 39.3 Å². The maximum absolute atomic E-state index is 13.4. The lowest BCUT2D eigenvalue weighted by molar-refractivity contribution is -0.137. The van der Waals surface area contributed by atoms with E-state index in [2.05, 4.69) is 0 Å². The third-order valence-electron chi connectivity index (χ3n) is 10.9. The first kappa shape index (κ1) is 37.4. The number of carbonyl (C=O) groups is 3. The minimum Gasteiger partial charge on any atom is -0.490 e. The molecule has 2 aliphatic heterocycles. The minimum absolute atomic E-state index is 0.0168. The molecule has 8 heteroatoms. The van der Waals surface area contributed by atoms with Gasteiger partial charge in [-0.05, 0) is 91.6 Å². The Morgan fingerprint density at radius 2 is 1.07 bits per heavy atom. The fourth-order valence-corrected chi connectivity index (χ4v) is 7.30. The van der Waals surface area contributed by atoms with Crippen LogP contribution in [0.5, 0.6) is 11.5 Å². The van der Waals surface area contributed by atoms with E-state index >= 15 is 0 Å². The van der Waals surface area contributed by atoms with E-state index in [9.17, 15) is 14.4 Å². The first-order chi connectivity index (χ1) is 26.6. The number of hydrogen-bond donors (Lipinski definition) is 0. The number of rotatable bonds is 10. The van der Waals surface area contributed by atoms with Crippen LogP contribution in [0.15, 0.2) is 127 Å². The number of aryl methyl sites for hydroxylation is 1. The highest BCUT2D eigenvalue weighted by atomic mass is 16.5. The van der Waals surface area contributed by atoms with E-state index < -0.39 is 5.41 Å². The number of ether oxygens (including phenoxy) is 2. The van der Waals surface area contributed by atoms with E-state index in [1.165, 1.54) is 0 Å². The summed E-state index contributed by atoms with van der Waals surface area (Å²) in [6.45, 7) is 9.82. The molecule has 5 aromatic rings. The van der Waals surface area contributed by atoms with Crippen molar-refractivity contribution in [3.63, 3.8) is 0 Å². The van der Waals surface area contributed by atoms with Gasteiger partial charge in [-0.2, -0.15) is 0 Å². The number of piperazine rings is 1. The van der Waals surface area contributed by atoms with E-state index in [1.54, 1.807) is 0 Å². The Balaban J connectivity index is 0.843. The Bertz CT molecular complexity index is 2060. The lowest BCUT2D eigenvalue weighted by atomic mass is 9.83. The molecule has 0 spiro atoms. The Kier molecular flexibility index (Phi) is 11.3. The maximum Gasteiger partial charge on any atom is 0.253 e. The molecule has 2 aliphatic rings. The molecule has 282 valence electrons. The molecule has 0 N–H and O–H groups in total. The molecular weight excluding hydrogens is 687 g/mol. The fourth-order valence-electron chi connectivity index (χ4n) is 7.30. The van der Waals surface area contributed by atoms with Crippen LogP contribution in [0.1, 0.15) is 64.1 Å². The van der Waals surface area contributed by atoms with Crippen LogP contribution in [0.3, 0.4) is 0 Å². The number of benzene rings is 5. The van der Waals surface area contributed by atoms with Gasteiger partial charge in [0.15, 0.2) is 0 Å². The maximum atomic E-state index is 13.4. The van der Waals surface area contributed by atoms with Crippen LogP contribution in [-0.4, -0.2) is 77.8 Å². The standard InChI is InChI=1S/C47H49N3O5/c1-34-9-13-38(14-10-34)44(51)48-27-25-43(26-28-48)55-42-21-11-35(12-22-42)33-54-41-23-19-37(20-24-41)36-15-17-39(18-16-36)45(52)49-29-31-50(32-30-49)46(53)47(2,3)40-7-5-4-6-8-40/h4-24,43H,25-33H2,1-3H3. The number of amides is 3. The molecule has 55 heavy (non-hydrogen) atoms. The van der Waals surface area contributed by atoms with Gasteiger partial charge in [0.05, 0.1) is 5.41 Å². The highest BCUT2D eigenvalue weighted by Gasteiger charge is 2.35. The monoisotopic (exact) mass is 735 g/mol. The third kappa shape index (κ3) is 8.92. The van der Waals surface area contributed by atoms with Crippen LogP contribution < -0.4 is 9.47 Å². The van der Waals surface area contributed by atoms with Gasteiger partial charge in [0.1, 0.15) is 24.2 Å². The molecule has 7 rings (SSSR count). The van der Waals surface area contributed by atoms with Crippen LogP contribution in [0, 0.1) is 6.92 Å². The Morgan fingerprint density at radius 1 is 0.582 bits per heavy atom. The molecule has 2 saturated heterocycles. The van der Waals surface area contributed by atoms with Gasteiger partial charge in [-0.15, -0.1) is 0 Å². The number of hydrogen-bond acceptors (Lipinski definition) is 5. The summed E-state index contributed by atoms with van der Waals surface area (Å²) in [7, 11) is 0. The van der Waals surface area contributed by atoms with Gasteiger partial charge in [0, 0.05) is 63.2 Å². The normalized spacial score (nSPS) is 15.1. The Labute approximate surface area is 324 Å². The fraction of sp³-hybridized carbons (Fsp3) is 0.298. The second kappa shape index (κ2) is 16.6. The van der Waals surface area contributed by atoms with E-state index in [1.807, 2.05) is 163 Å². The van der Waals surface area contributed by atoms with Crippen molar-refractivity contribution in [3.8, 4) is 22.6 Å². The summed E-state index contributed by atoms with van der Waals surface area (Å²) < 4.78 is 12.3. The predicted molar refractivity (Wildman–Crippen MR) is 215 cm³/mol. The number of likely N-dealkylation sites (tertiary alicyclic amines) is 1. The molecule has 0 atom stereocenters. The van der Waals surface area contributed by atoms with Crippen molar-refractivity contribution in [1.29, 1.82) is 0 Å². The first-order valence-electron chi connectivity index (χ1n) is 19.2. The van der Waals surface area contributed by atoms with E-state index in [0.29, 0.717) is 51.4 Å². The summed E-state index contributed by atoms with van der Waals surface area (Å²) >= 11 is 0. The zero-order chi connectivity index (χ0) is 38.4. The number of piperidine rings is 1. The molecule has 3 amide bonds. The second-order valence-corrected chi connectivity index (χ2v) is 15.1. The molecule has 2 heterocycles. The average Bonchev–Trinajstić information content (AvgIpc) is 3.24. The van der Waals surface area contributed by atoms with Gasteiger partial charge in [-0.3, -0.25) is 14.4 Å². The number of nitrogens with zero attached hydrogens (tertiary/aromatic N) is 3. The van der Waals surface area contributed by atoms with Crippen LogP contribution >= 0.6 is 0 Å². The Morgan fingerprint density at radius 3 is 1.65 bits per heavy atom. The molecule has 0 aromatic heterocycles. The quantitative estimate of drug-likeness (QED) is 0.145. The molecule has 8 nitrogen and oxygen atoms in total. The van der Waals surface area contributed by atoms with Crippen molar-refractivity contribution in [1.82, 2.24) is 14.7 Å². The van der Waals surface area contributed by atoms with Gasteiger partial charge < -0.3 is 24.2 Å². The summed E-state index contributed by atoms with van der Waals surface area (Å²) in [6.07, 6.45) is 1.69. The van der Waals surface area contributed by atoms with E-state index in [-0.39, 0.29) is 23.8 Å². The predicted octanol–water partition coefficient (Wildman–Crippen LogP) is 8.19. The van der Waals surface area contributed by atoms with Crippen LogP contribution in [0.2, 0.25) is 0 Å². The van der Waals surface area contributed by atoms with Crippen LogP contribution in [0.25, 0.3) is 11.1 Å². The average molecular weight is 736 g/mol. The molecule has 5 aromatic carbocycles. The lowest BCUT2D eigenvalue weighted by Crippen LogP contribution is -2.54. The summed E-state index contributed by atoms with van der Waals surface area (Å²) in [5, 5.41) is 0. The molecule has 0 saturated carbocycles. The summed E-state index contributed by atoms with van der Waals surface area (Å²) in [4.78, 5) is 45.2. The second-order valence-electron chi connectivity index (χ2n) is 15.1. The molecule has 2 fully saturated rings. The zero-order valence-electron chi connectivity index (χ0n) is 31.9. The third-order valence-corrected chi connectivity index (χ3v) is 10.9. The highest BCUT2D eigenvalue weighted by Crippen LogP contribution is 2.28. The molecule has 0 aliphatic carbocycles. The van der Waals surface area contributed by atoms with E-state index in [4.69, 9.17) is 9.47 Å². The van der Waals surface area contributed by atoms with Gasteiger partial charge in [-0.1, -0.05) is 84.4 Å². The highest BCUT2D eigenvalue weighted by molar-refractivity contribution is 5.95. The Hall–Kier alpha value is -5.89. The molecular formula is C47H49N3O5. The van der Waals surface area contributed by atoms with Crippen molar-refractivity contribution >= 4 is 17.7 Å². The summed E-state index contributed by atoms with van der Waals surface area (Å²) in [5.74, 6) is 1.75. The van der Waals surface area contributed by atoms with Gasteiger partial charge >= 0.3 is 0 Å². The van der Waals surface area contributed by atoms with Crippen molar-refractivity contribution < 1.29 is 23.9 Å². The van der Waals surface area contributed by atoms with Crippen molar-refractivity contribution in [2.24, 2.45) is 0 Å². The zero-order valence-corrected chi connectivity index (χ0v) is 31.9. The lowest BCUT2D eigenvalue weighted by Gasteiger charge is -2.38. The minimum atomic E-state index is -0.622. The van der Waals surface area contributed by atoms with Crippen LogP contribution in [0.4, 0.5) is 0 Å². The van der Waals surface area contributed by atoms with Crippen LogP contribution in [-0.2, 0) is 16.8 Å². The summed E-state index contributed by atoms with van der Waals surface area (Å²) in [5.41, 5.74) is 5.98. The molecule has 0 bridgehead atoms. The van der Waals surface area contributed by atoms with E-state index in [0.717, 1.165) is 57.7 Å². The van der Waals surface area contributed by atoms with Gasteiger partial charge in [-0.25, -0.2) is 0 Å². The first-order valence-corrected chi connectivity index (χ1v) is 19.2. The van der Waals surface area contributed by atoms with Crippen molar-refractivity contribution in [3.05, 3.63) is 155 Å². The molecule has 0 radical (unpaired) electrons. The van der Waals surface area contributed by atoms with Crippen molar-refractivity contribution in [2.45, 2.75) is 51.7 Å². The number of carbonyl (C=O) groups excluding carboxylic acids is 3. The smallest absolute Gasteiger partial charge is 0.253 e. The topological polar surface area (TPSA) is 79.4 Å². The summed E-state index contributed by atoms with van der Waals surface area (Å²) in [6, 6.07) is 41.3. The SMILES string of the molecule is Cc1ccc(C(=O)N2CCC(Oc3ccc(COc4ccc(-c5ccc(C(=O)N6CCN(C(=O)C(C)(C)c7ccccc7)CC6)cc5)cc4)cc3)CC2)cc1.